The molecule has 0 radical (unpaired) electrons. The van der Waals surface area contributed by atoms with Crippen molar-refractivity contribution in [3.63, 3.8) is 0 Å². The van der Waals surface area contributed by atoms with E-state index in [1.165, 1.54) is 33.5 Å². The van der Waals surface area contributed by atoms with E-state index in [1.807, 2.05) is 5.32 Å². The third-order valence-corrected chi connectivity index (χ3v) is 5.10. The van der Waals surface area contributed by atoms with Crippen LogP contribution in [0.5, 0.6) is 23.0 Å². The first kappa shape index (κ1) is 22.3. The molecule has 0 heterocycles. The van der Waals surface area contributed by atoms with Crippen molar-refractivity contribution in [3.8, 4) is 34.1 Å². The normalized spacial score (nSPS) is 15.2. The zero-order valence-corrected chi connectivity index (χ0v) is 16.9. The number of carbonyl (C=O) groups excluding carboxylic acids is 1. The van der Waals surface area contributed by atoms with Crippen LogP contribution < -0.4 is 25.0 Å². The highest BCUT2D eigenvalue weighted by Crippen LogP contribution is 2.49. The van der Waals surface area contributed by atoms with Gasteiger partial charge in [-0.05, 0) is 47.7 Å². The van der Waals surface area contributed by atoms with Crippen molar-refractivity contribution in [1.29, 1.82) is 0 Å². The van der Waals surface area contributed by atoms with Crippen LogP contribution in [-0.2, 0) is 11.2 Å². The van der Waals surface area contributed by atoms with Gasteiger partial charge in [0.15, 0.2) is 17.2 Å². The molecule has 1 aliphatic carbocycles. The highest BCUT2D eigenvalue weighted by atomic mass is 19.4. The number of phenols is 1. The van der Waals surface area contributed by atoms with Gasteiger partial charge in [-0.1, -0.05) is 6.07 Å². The first-order valence-corrected chi connectivity index (χ1v) is 9.19. The van der Waals surface area contributed by atoms with E-state index >= 15 is 0 Å². The second-order valence-corrected chi connectivity index (χ2v) is 6.84. The van der Waals surface area contributed by atoms with Crippen LogP contribution in [0.25, 0.3) is 11.1 Å². The van der Waals surface area contributed by atoms with Crippen LogP contribution in [0.2, 0.25) is 0 Å². The van der Waals surface area contributed by atoms with E-state index in [0.717, 1.165) is 6.07 Å². The monoisotopic (exact) mass is 439 g/mol. The number of alkyl halides is 3. The number of benzene rings is 1. The molecule has 31 heavy (non-hydrogen) atoms. The molecule has 10 heteroatoms. The van der Waals surface area contributed by atoms with Crippen LogP contribution in [-0.4, -0.2) is 38.5 Å². The van der Waals surface area contributed by atoms with Crippen LogP contribution in [0.15, 0.2) is 29.1 Å². The highest BCUT2D eigenvalue weighted by molar-refractivity contribution is 5.85. The number of fused-ring (bicyclic) bond motifs is 3. The fraction of sp³-hybridized carbons (Fsp3) is 0.333. The van der Waals surface area contributed by atoms with Crippen molar-refractivity contribution in [1.82, 2.24) is 5.32 Å². The lowest BCUT2D eigenvalue weighted by Crippen LogP contribution is -2.39. The third-order valence-electron chi connectivity index (χ3n) is 5.10. The summed E-state index contributed by atoms with van der Waals surface area (Å²) < 4.78 is 54.4. The smallest absolute Gasteiger partial charge is 0.471 e. The molecule has 0 unspecified atom stereocenters. The topological polar surface area (TPSA) is 94.1 Å². The summed E-state index contributed by atoms with van der Waals surface area (Å²) in [5, 5.41) is 12.5. The minimum absolute atomic E-state index is 0.0350. The van der Waals surface area contributed by atoms with Gasteiger partial charge in [0.25, 0.3) is 0 Å². The largest absolute Gasteiger partial charge is 0.502 e. The number of amides is 1. The lowest BCUT2D eigenvalue weighted by molar-refractivity contribution is -0.174. The number of halogens is 3. The summed E-state index contributed by atoms with van der Waals surface area (Å²) in [4.78, 5) is 24.2. The van der Waals surface area contributed by atoms with Crippen LogP contribution >= 0.6 is 0 Å². The van der Waals surface area contributed by atoms with Gasteiger partial charge in [-0.15, -0.1) is 0 Å². The molecule has 2 aromatic rings. The summed E-state index contributed by atoms with van der Waals surface area (Å²) in [5.74, 6) is -2.29. The SMILES string of the molecule is COc1cc2c(c(OC)c1O)-c1ccc(OC)c(=O)cc1[C@@H](NC(=O)C(F)(F)F)CC2. The van der Waals surface area contributed by atoms with Crippen molar-refractivity contribution in [2.45, 2.75) is 25.1 Å². The summed E-state index contributed by atoms with van der Waals surface area (Å²) in [7, 11) is 3.97. The van der Waals surface area contributed by atoms with Crippen molar-refractivity contribution in [3.05, 3.63) is 45.6 Å². The maximum Gasteiger partial charge on any atom is 0.471 e. The van der Waals surface area contributed by atoms with E-state index in [4.69, 9.17) is 14.2 Å². The summed E-state index contributed by atoms with van der Waals surface area (Å²) in [6.45, 7) is 0. The molecule has 7 nitrogen and oxygen atoms in total. The summed E-state index contributed by atoms with van der Waals surface area (Å²) in [6.07, 6.45) is -4.81. The number of carbonyl (C=O) groups is 1. The standard InChI is InChI=1S/C21H20F3NO6/c1-29-15-7-5-11-12(9-14(15)26)13(25-20(28)21(22,23)24)6-4-10-8-16(30-2)18(27)19(31-3)17(10)11/h5,7-9,13,27H,4,6H2,1-3H3,(H,25,28)/t13-/m0/s1. The molecular formula is C21H20F3NO6. The zero-order chi connectivity index (χ0) is 22.9. The van der Waals surface area contributed by atoms with Crippen LogP contribution in [0, 0.1) is 0 Å². The molecule has 0 aromatic heterocycles. The van der Waals surface area contributed by atoms with Crippen molar-refractivity contribution in [2.75, 3.05) is 21.3 Å². The molecule has 0 saturated heterocycles. The number of ether oxygens (including phenoxy) is 3. The Bertz CT molecular complexity index is 1080. The second kappa shape index (κ2) is 8.37. The quantitative estimate of drug-likeness (QED) is 0.761. The van der Waals surface area contributed by atoms with Gasteiger partial charge in [0.2, 0.25) is 11.2 Å². The van der Waals surface area contributed by atoms with Crippen molar-refractivity contribution >= 4 is 5.91 Å². The average Bonchev–Trinajstić information content (AvgIpc) is 2.96. The summed E-state index contributed by atoms with van der Waals surface area (Å²) in [5.41, 5.74) is 0.879. The van der Waals surface area contributed by atoms with Crippen LogP contribution in [0.4, 0.5) is 13.2 Å². The van der Waals surface area contributed by atoms with E-state index in [1.54, 1.807) is 6.07 Å². The van der Waals surface area contributed by atoms with Gasteiger partial charge in [0.1, 0.15) is 0 Å². The van der Waals surface area contributed by atoms with Crippen LogP contribution in [0.1, 0.15) is 23.6 Å². The molecule has 3 rings (SSSR count). The number of nitrogens with one attached hydrogen (secondary N) is 1. The van der Waals surface area contributed by atoms with E-state index in [0.29, 0.717) is 16.7 Å². The minimum Gasteiger partial charge on any atom is -0.502 e. The Labute approximate surface area is 175 Å². The lowest BCUT2D eigenvalue weighted by atomic mass is 9.95. The number of aryl methyl sites for hydroxylation is 1. The number of rotatable bonds is 4. The number of hydrogen-bond acceptors (Lipinski definition) is 6. The van der Waals surface area contributed by atoms with Gasteiger partial charge in [0, 0.05) is 5.56 Å². The van der Waals surface area contributed by atoms with Gasteiger partial charge >= 0.3 is 12.1 Å². The first-order chi connectivity index (χ1) is 14.6. The molecule has 1 aliphatic rings. The maximum atomic E-state index is 12.9. The van der Waals surface area contributed by atoms with Gasteiger partial charge in [0.05, 0.1) is 27.4 Å². The Morgan fingerprint density at radius 3 is 2.35 bits per heavy atom. The Kier molecular flexibility index (Phi) is 6.01. The Morgan fingerprint density at radius 2 is 1.77 bits per heavy atom. The highest BCUT2D eigenvalue weighted by Gasteiger charge is 2.40. The molecule has 0 bridgehead atoms. The molecule has 0 saturated carbocycles. The van der Waals surface area contributed by atoms with Crippen LogP contribution in [0.3, 0.4) is 0 Å². The molecule has 0 aliphatic heterocycles. The zero-order valence-electron chi connectivity index (χ0n) is 16.9. The fourth-order valence-electron chi connectivity index (χ4n) is 3.68. The molecule has 2 N–H and O–H groups in total. The Hall–Kier alpha value is -3.43. The van der Waals surface area contributed by atoms with Crippen molar-refractivity contribution in [2.24, 2.45) is 0 Å². The second-order valence-electron chi connectivity index (χ2n) is 6.84. The molecule has 1 atom stereocenters. The Balaban J connectivity index is 2.33. The van der Waals surface area contributed by atoms with Gasteiger partial charge in [-0.2, -0.15) is 13.2 Å². The third kappa shape index (κ3) is 4.10. The number of phenolic OH excluding ortho intramolecular Hbond substituents is 1. The summed E-state index contributed by atoms with van der Waals surface area (Å²) >= 11 is 0. The fourth-order valence-corrected chi connectivity index (χ4v) is 3.68. The molecule has 166 valence electrons. The molecule has 0 spiro atoms. The summed E-state index contributed by atoms with van der Waals surface area (Å²) in [6, 6.07) is 4.42. The number of hydrogen-bond donors (Lipinski definition) is 2. The minimum atomic E-state index is -5.09. The predicted molar refractivity (Wildman–Crippen MR) is 105 cm³/mol. The van der Waals surface area contributed by atoms with Gasteiger partial charge in [-0.3, -0.25) is 9.59 Å². The predicted octanol–water partition coefficient (Wildman–Crippen LogP) is 3.11. The lowest BCUT2D eigenvalue weighted by Gasteiger charge is -2.19. The van der Waals surface area contributed by atoms with E-state index in [9.17, 15) is 27.9 Å². The molecule has 1 amide bonds. The number of methoxy groups -OCH3 is 3. The van der Waals surface area contributed by atoms with Crippen molar-refractivity contribution < 1.29 is 37.3 Å². The van der Waals surface area contributed by atoms with Gasteiger partial charge < -0.3 is 24.6 Å². The number of aromatic hydroxyl groups is 1. The Morgan fingerprint density at radius 1 is 1.10 bits per heavy atom. The van der Waals surface area contributed by atoms with E-state index in [2.05, 4.69) is 0 Å². The first-order valence-electron chi connectivity index (χ1n) is 9.19. The molecular weight excluding hydrogens is 419 g/mol. The van der Waals surface area contributed by atoms with E-state index in [-0.39, 0.29) is 41.4 Å². The maximum absolute atomic E-state index is 12.9. The average molecular weight is 439 g/mol. The molecule has 2 aromatic carbocycles. The van der Waals surface area contributed by atoms with Gasteiger partial charge in [-0.25, -0.2) is 0 Å². The molecule has 0 fully saturated rings. The van der Waals surface area contributed by atoms with E-state index < -0.39 is 23.6 Å².